The quantitative estimate of drug-likeness (QED) is 0.737. The first-order valence-corrected chi connectivity index (χ1v) is 8.68. The minimum absolute atomic E-state index is 0.152. The zero-order chi connectivity index (χ0) is 15.7. The number of hydrogen-bond acceptors (Lipinski definition) is 4. The zero-order valence-electron chi connectivity index (χ0n) is 12.0. The molecule has 1 aliphatic heterocycles. The van der Waals surface area contributed by atoms with Crippen molar-refractivity contribution in [2.45, 2.75) is 19.0 Å². The number of hydrogen-bond donors (Lipinski definition) is 3. The van der Waals surface area contributed by atoms with E-state index in [1.54, 1.807) is 6.07 Å². The lowest BCUT2D eigenvalue weighted by Gasteiger charge is -2.33. The molecule has 0 saturated heterocycles. The maximum absolute atomic E-state index is 11.4. The lowest BCUT2D eigenvalue weighted by Crippen LogP contribution is -2.35. The average Bonchev–Trinajstić information content (AvgIpc) is 2.50. The molecule has 0 amide bonds. The second kappa shape index (κ2) is 5.82. The van der Waals surface area contributed by atoms with E-state index in [4.69, 9.17) is 5.73 Å². The summed E-state index contributed by atoms with van der Waals surface area (Å²) in [5.41, 5.74) is 7.84. The van der Waals surface area contributed by atoms with Gasteiger partial charge < -0.3 is 20.4 Å². The van der Waals surface area contributed by atoms with E-state index in [-0.39, 0.29) is 11.5 Å². The van der Waals surface area contributed by atoms with Gasteiger partial charge in [-0.05, 0) is 18.1 Å². The van der Waals surface area contributed by atoms with E-state index in [1.807, 2.05) is 35.2 Å². The fraction of sp³-hybridized carbons (Fsp3) is 0.267. The second-order valence-electron chi connectivity index (χ2n) is 5.43. The van der Waals surface area contributed by atoms with E-state index in [0.29, 0.717) is 18.9 Å². The molecule has 1 aromatic carbocycles. The molecule has 6 nitrogen and oxygen atoms in total. The number of nitrogens with two attached hydrogens (primary N) is 1. The van der Waals surface area contributed by atoms with Gasteiger partial charge in [0, 0.05) is 24.7 Å². The van der Waals surface area contributed by atoms with Crippen molar-refractivity contribution in [2.24, 2.45) is 5.73 Å². The fourth-order valence-corrected chi connectivity index (χ4v) is 3.16. The van der Waals surface area contributed by atoms with Crippen LogP contribution in [0.3, 0.4) is 0 Å². The molecule has 4 N–H and O–H groups in total. The van der Waals surface area contributed by atoms with Crippen LogP contribution in [0.4, 0.5) is 5.82 Å². The molecule has 1 aromatic heterocycles. The molecule has 0 radical (unpaired) electrons. The summed E-state index contributed by atoms with van der Waals surface area (Å²) in [6.07, 6.45) is 0.788. The van der Waals surface area contributed by atoms with Gasteiger partial charge in [-0.1, -0.05) is 36.4 Å². The largest absolute Gasteiger partial charge is 0.374 e. The molecule has 116 valence electrons. The van der Waals surface area contributed by atoms with Crippen molar-refractivity contribution in [1.29, 1.82) is 0 Å². The Hall–Kier alpha value is -1.72. The van der Waals surface area contributed by atoms with Gasteiger partial charge in [0.05, 0.1) is 0 Å². The number of pyridine rings is 1. The van der Waals surface area contributed by atoms with Crippen molar-refractivity contribution in [3.8, 4) is 0 Å². The van der Waals surface area contributed by atoms with E-state index >= 15 is 0 Å². The van der Waals surface area contributed by atoms with Crippen LogP contribution in [-0.4, -0.2) is 21.3 Å². The summed E-state index contributed by atoms with van der Waals surface area (Å²) in [6.45, 7) is 1.35. The Morgan fingerprint density at radius 1 is 1.23 bits per heavy atom. The van der Waals surface area contributed by atoms with Crippen LogP contribution >= 0.6 is 7.60 Å². The second-order valence-corrected chi connectivity index (χ2v) is 6.97. The van der Waals surface area contributed by atoms with E-state index < -0.39 is 7.60 Å². The summed E-state index contributed by atoms with van der Waals surface area (Å²) in [7, 11) is -4.37. The van der Waals surface area contributed by atoms with Crippen molar-refractivity contribution < 1.29 is 14.4 Å². The number of rotatable bonds is 3. The van der Waals surface area contributed by atoms with E-state index in [2.05, 4.69) is 4.98 Å². The highest BCUT2D eigenvalue weighted by molar-refractivity contribution is 7.60. The van der Waals surface area contributed by atoms with E-state index in [1.165, 1.54) is 6.07 Å². The minimum atomic E-state index is -4.37. The van der Waals surface area contributed by atoms with E-state index in [0.717, 1.165) is 17.5 Å². The maximum atomic E-state index is 11.4. The predicted octanol–water partition coefficient (Wildman–Crippen LogP) is 1.29. The van der Waals surface area contributed by atoms with Gasteiger partial charge >= 0.3 is 7.60 Å². The molecule has 0 bridgehead atoms. The van der Waals surface area contributed by atoms with Crippen LogP contribution < -0.4 is 16.1 Å². The summed E-state index contributed by atoms with van der Waals surface area (Å²) in [6, 6.07) is 12.8. The number of nitrogens with zero attached hydrogens (tertiary/aromatic N) is 2. The molecule has 7 heteroatoms. The van der Waals surface area contributed by atoms with Crippen LogP contribution in [0.25, 0.3) is 0 Å². The Morgan fingerprint density at radius 3 is 2.64 bits per heavy atom. The first kappa shape index (κ1) is 15.2. The molecule has 3 rings (SSSR count). The van der Waals surface area contributed by atoms with Crippen molar-refractivity contribution in [1.82, 2.24) is 4.98 Å². The standard InChI is InChI=1S/C15H18N3O3P/c16-13-8-9-18(10-11-4-2-1-3-5-11)15-12(13)6-7-14(17-15)22(19,20)21/h1-7,13H,8-10,16H2,(H2,19,20,21). The summed E-state index contributed by atoms with van der Waals surface area (Å²) in [5.74, 6) is 0.573. The maximum Gasteiger partial charge on any atom is 0.374 e. The lowest BCUT2D eigenvalue weighted by atomic mass is 10.00. The Labute approximate surface area is 128 Å². The lowest BCUT2D eigenvalue weighted by molar-refractivity contribution is 0.386. The molecule has 0 saturated carbocycles. The summed E-state index contributed by atoms with van der Waals surface area (Å²) >= 11 is 0. The van der Waals surface area contributed by atoms with Crippen molar-refractivity contribution >= 4 is 18.8 Å². The first-order chi connectivity index (χ1) is 10.4. The normalized spacial score (nSPS) is 18.1. The SMILES string of the molecule is NC1CCN(Cc2ccccc2)c2nc(P(=O)(O)O)ccc21. The van der Waals surface area contributed by atoms with Gasteiger partial charge in [0.15, 0.2) is 5.44 Å². The van der Waals surface area contributed by atoms with Crippen molar-refractivity contribution in [2.75, 3.05) is 11.4 Å². The van der Waals surface area contributed by atoms with Gasteiger partial charge in [0.25, 0.3) is 0 Å². The van der Waals surface area contributed by atoms with Crippen LogP contribution in [0, 0.1) is 0 Å². The number of anilines is 1. The van der Waals surface area contributed by atoms with Crippen LogP contribution in [0.1, 0.15) is 23.6 Å². The molecule has 22 heavy (non-hydrogen) atoms. The third kappa shape index (κ3) is 3.05. The molecular formula is C15H18N3O3P. The molecule has 0 spiro atoms. The monoisotopic (exact) mass is 319 g/mol. The number of benzene rings is 1. The third-order valence-electron chi connectivity index (χ3n) is 3.81. The molecular weight excluding hydrogens is 301 g/mol. The van der Waals surface area contributed by atoms with E-state index in [9.17, 15) is 14.4 Å². The van der Waals surface area contributed by atoms with Crippen molar-refractivity contribution in [3.05, 3.63) is 53.6 Å². The molecule has 1 unspecified atom stereocenters. The van der Waals surface area contributed by atoms with Crippen LogP contribution in [0.15, 0.2) is 42.5 Å². The van der Waals surface area contributed by atoms with Gasteiger partial charge in [-0.2, -0.15) is 0 Å². The highest BCUT2D eigenvalue weighted by Crippen LogP contribution is 2.36. The van der Waals surface area contributed by atoms with Gasteiger partial charge in [-0.25, -0.2) is 4.98 Å². The number of fused-ring (bicyclic) bond motifs is 1. The molecule has 2 heterocycles. The zero-order valence-corrected chi connectivity index (χ0v) is 12.9. The summed E-state index contributed by atoms with van der Waals surface area (Å²) < 4.78 is 11.4. The van der Waals surface area contributed by atoms with Gasteiger partial charge in [-0.15, -0.1) is 0 Å². The molecule has 1 atom stereocenters. The summed E-state index contributed by atoms with van der Waals surface area (Å²) in [5, 5.41) is 0. The van der Waals surface area contributed by atoms with Gasteiger partial charge in [-0.3, -0.25) is 4.57 Å². The molecule has 0 fully saturated rings. The Bertz CT molecular complexity index is 717. The highest BCUT2D eigenvalue weighted by Gasteiger charge is 2.28. The minimum Gasteiger partial charge on any atom is -0.352 e. The van der Waals surface area contributed by atoms with Crippen molar-refractivity contribution in [3.63, 3.8) is 0 Å². The van der Waals surface area contributed by atoms with Gasteiger partial charge in [0.1, 0.15) is 5.82 Å². The van der Waals surface area contributed by atoms with Crippen LogP contribution in [0.5, 0.6) is 0 Å². The third-order valence-corrected chi connectivity index (χ3v) is 4.66. The predicted molar refractivity (Wildman–Crippen MR) is 85.0 cm³/mol. The Balaban J connectivity index is 1.99. The average molecular weight is 319 g/mol. The number of aromatic nitrogens is 1. The molecule has 2 aromatic rings. The Kier molecular flexibility index (Phi) is 4.02. The van der Waals surface area contributed by atoms with Crippen LogP contribution in [0.2, 0.25) is 0 Å². The highest BCUT2D eigenvalue weighted by atomic mass is 31.2. The fourth-order valence-electron chi connectivity index (χ4n) is 2.67. The topological polar surface area (TPSA) is 99.7 Å². The molecule has 0 aliphatic carbocycles. The Morgan fingerprint density at radius 2 is 1.95 bits per heavy atom. The first-order valence-electron chi connectivity index (χ1n) is 7.06. The summed E-state index contributed by atoms with van der Waals surface area (Å²) in [4.78, 5) is 24.9. The molecule has 1 aliphatic rings. The van der Waals surface area contributed by atoms with Crippen LogP contribution in [-0.2, 0) is 11.1 Å². The van der Waals surface area contributed by atoms with Gasteiger partial charge in [0.2, 0.25) is 0 Å². The smallest absolute Gasteiger partial charge is 0.352 e.